The first-order chi connectivity index (χ1) is 14.3. The van der Waals surface area contributed by atoms with Crippen LogP contribution in [0.2, 0.25) is 0 Å². The van der Waals surface area contributed by atoms with Gasteiger partial charge in [0.15, 0.2) is 12.4 Å². The number of nitrogens with one attached hydrogen (secondary N) is 1. The van der Waals surface area contributed by atoms with Gasteiger partial charge in [0.25, 0.3) is 5.91 Å². The van der Waals surface area contributed by atoms with E-state index >= 15 is 0 Å². The molecule has 3 rings (SSSR count). The van der Waals surface area contributed by atoms with Gasteiger partial charge >= 0.3 is 6.18 Å². The zero-order chi connectivity index (χ0) is 21.7. The number of ether oxygens (including phenoxy) is 1. The van der Waals surface area contributed by atoms with Crippen molar-refractivity contribution in [3.63, 3.8) is 0 Å². The zero-order valence-corrected chi connectivity index (χ0v) is 16.6. The second-order valence-electron chi connectivity index (χ2n) is 7.06. The van der Waals surface area contributed by atoms with Crippen LogP contribution in [-0.4, -0.2) is 31.4 Å². The van der Waals surface area contributed by atoms with E-state index in [1.165, 1.54) is 6.07 Å². The number of nitrogens with zero attached hydrogens (tertiary/aromatic N) is 1. The minimum Gasteiger partial charge on any atom is -0.484 e. The fourth-order valence-corrected chi connectivity index (χ4v) is 3.32. The molecule has 1 saturated heterocycles. The van der Waals surface area contributed by atoms with Crippen LogP contribution in [0.1, 0.15) is 42.1 Å². The first kappa shape index (κ1) is 21.7. The van der Waals surface area contributed by atoms with E-state index in [9.17, 15) is 22.8 Å². The molecule has 1 fully saturated rings. The van der Waals surface area contributed by atoms with E-state index in [0.717, 1.165) is 38.1 Å². The SMILES string of the molecule is CCC(=O)c1ccc(OCC(=O)Nc2cc(C(F)(F)F)ccc2N2CCCC2)cc1. The van der Waals surface area contributed by atoms with E-state index in [4.69, 9.17) is 4.74 Å². The first-order valence-electron chi connectivity index (χ1n) is 9.80. The van der Waals surface area contributed by atoms with E-state index in [0.29, 0.717) is 23.4 Å². The number of alkyl halides is 3. The molecule has 0 aliphatic carbocycles. The third-order valence-corrected chi connectivity index (χ3v) is 4.91. The number of Topliss-reactive ketones (excluding diaryl/α,β-unsaturated/α-hetero) is 1. The Bertz CT molecular complexity index is 905. The first-order valence-corrected chi connectivity index (χ1v) is 9.80. The molecular weight excluding hydrogens is 397 g/mol. The molecule has 0 bridgehead atoms. The van der Waals surface area contributed by atoms with E-state index in [1.54, 1.807) is 31.2 Å². The van der Waals surface area contributed by atoms with Gasteiger partial charge in [-0.05, 0) is 55.3 Å². The molecule has 1 N–H and O–H groups in total. The van der Waals surface area contributed by atoms with Crippen LogP contribution in [0.25, 0.3) is 0 Å². The summed E-state index contributed by atoms with van der Waals surface area (Å²) >= 11 is 0. The maximum Gasteiger partial charge on any atom is 0.416 e. The predicted octanol–water partition coefficient (Wildman–Crippen LogP) is 4.92. The largest absolute Gasteiger partial charge is 0.484 e. The van der Waals surface area contributed by atoms with Crippen LogP contribution in [0.3, 0.4) is 0 Å². The maximum atomic E-state index is 13.1. The molecule has 2 aromatic carbocycles. The lowest BCUT2D eigenvalue weighted by Crippen LogP contribution is -2.24. The monoisotopic (exact) mass is 420 g/mol. The Balaban J connectivity index is 1.69. The van der Waals surface area contributed by atoms with Gasteiger partial charge in [-0.25, -0.2) is 0 Å². The summed E-state index contributed by atoms with van der Waals surface area (Å²) in [6.45, 7) is 2.86. The second kappa shape index (κ2) is 9.19. The Morgan fingerprint density at radius 3 is 2.33 bits per heavy atom. The molecule has 5 nitrogen and oxygen atoms in total. The number of carbonyl (C=O) groups excluding carboxylic acids is 2. The highest BCUT2D eigenvalue weighted by atomic mass is 19.4. The summed E-state index contributed by atoms with van der Waals surface area (Å²) in [6, 6.07) is 9.75. The minimum absolute atomic E-state index is 0.00159. The van der Waals surface area contributed by atoms with Crippen LogP contribution in [0, 0.1) is 0 Å². The standard InChI is InChI=1S/C22H23F3N2O3/c1-2-20(28)15-5-8-17(9-6-15)30-14-21(29)26-18-13-16(22(23,24)25)7-10-19(18)27-11-3-4-12-27/h5-10,13H,2-4,11-12,14H2,1H3,(H,26,29). The van der Waals surface area contributed by atoms with Crippen molar-refractivity contribution in [1.82, 2.24) is 0 Å². The highest BCUT2D eigenvalue weighted by molar-refractivity contribution is 5.96. The average molecular weight is 420 g/mol. The van der Waals surface area contributed by atoms with Crippen molar-refractivity contribution in [2.24, 2.45) is 0 Å². The molecule has 0 atom stereocenters. The predicted molar refractivity (Wildman–Crippen MR) is 108 cm³/mol. The highest BCUT2D eigenvalue weighted by Gasteiger charge is 2.32. The molecular formula is C22H23F3N2O3. The van der Waals surface area contributed by atoms with Crippen LogP contribution in [0.15, 0.2) is 42.5 Å². The Labute approximate surface area is 172 Å². The van der Waals surface area contributed by atoms with Gasteiger partial charge in [0.2, 0.25) is 0 Å². The number of anilines is 2. The van der Waals surface area contributed by atoms with Crippen LogP contribution < -0.4 is 15.0 Å². The van der Waals surface area contributed by atoms with Crippen molar-refractivity contribution in [2.45, 2.75) is 32.4 Å². The second-order valence-corrected chi connectivity index (χ2v) is 7.06. The fraction of sp³-hybridized carbons (Fsp3) is 0.364. The topological polar surface area (TPSA) is 58.6 Å². The zero-order valence-electron chi connectivity index (χ0n) is 16.6. The molecule has 160 valence electrons. The Kier molecular flexibility index (Phi) is 6.64. The third-order valence-electron chi connectivity index (χ3n) is 4.91. The van der Waals surface area contributed by atoms with Gasteiger partial charge in [-0.2, -0.15) is 13.2 Å². The molecule has 0 unspecified atom stereocenters. The van der Waals surface area contributed by atoms with Crippen LogP contribution in [-0.2, 0) is 11.0 Å². The van der Waals surface area contributed by atoms with E-state index in [-0.39, 0.29) is 18.1 Å². The number of hydrogen-bond donors (Lipinski definition) is 1. The van der Waals surface area contributed by atoms with Gasteiger partial charge in [-0.1, -0.05) is 6.92 Å². The third kappa shape index (κ3) is 5.31. The molecule has 1 aliphatic rings. The number of hydrogen-bond acceptors (Lipinski definition) is 4. The van der Waals surface area contributed by atoms with E-state index < -0.39 is 17.6 Å². The number of carbonyl (C=O) groups is 2. The summed E-state index contributed by atoms with van der Waals surface area (Å²) in [5, 5.41) is 2.55. The lowest BCUT2D eigenvalue weighted by Gasteiger charge is -2.23. The molecule has 1 heterocycles. The lowest BCUT2D eigenvalue weighted by atomic mass is 10.1. The normalized spacial score (nSPS) is 13.9. The van der Waals surface area contributed by atoms with Crippen molar-refractivity contribution in [1.29, 1.82) is 0 Å². The van der Waals surface area contributed by atoms with Crippen molar-refractivity contribution in [2.75, 3.05) is 29.9 Å². The summed E-state index contributed by atoms with van der Waals surface area (Å²) in [4.78, 5) is 25.9. The van der Waals surface area contributed by atoms with Gasteiger partial charge in [0, 0.05) is 25.1 Å². The molecule has 30 heavy (non-hydrogen) atoms. The van der Waals surface area contributed by atoms with E-state index in [1.807, 2.05) is 4.90 Å². The summed E-state index contributed by atoms with van der Waals surface area (Å²) in [6.07, 6.45) is -2.21. The Hall–Kier alpha value is -3.03. The number of amides is 1. The molecule has 1 aliphatic heterocycles. The molecule has 0 aromatic heterocycles. The number of ketones is 1. The summed E-state index contributed by atoms with van der Waals surface area (Å²) < 4.78 is 44.8. The van der Waals surface area contributed by atoms with E-state index in [2.05, 4.69) is 5.32 Å². The quantitative estimate of drug-likeness (QED) is 0.647. The fourth-order valence-electron chi connectivity index (χ4n) is 3.32. The lowest BCUT2D eigenvalue weighted by molar-refractivity contribution is -0.137. The van der Waals surface area contributed by atoms with Crippen molar-refractivity contribution >= 4 is 23.1 Å². The van der Waals surface area contributed by atoms with Crippen LogP contribution >= 0.6 is 0 Å². The van der Waals surface area contributed by atoms with Crippen molar-refractivity contribution < 1.29 is 27.5 Å². The number of halogens is 3. The molecule has 0 spiro atoms. The Morgan fingerprint density at radius 2 is 1.73 bits per heavy atom. The maximum absolute atomic E-state index is 13.1. The highest BCUT2D eigenvalue weighted by Crippen LogP contribution is 2.36. The summed E-state index contributed by atoms with van der Waals surface area (Å²) in [5.74, 6) is -0.177. The smallest absolute Gasteiger partial charge is 0.416 e. The number of benzene rings is 2. The minimum atomic E-state index is -4.50. The molecule has 1 amide bonds. The van der Waals surface area contributed by atoms with Gasteiger partial charge < -0.3 is 15.0 Å². The molecule has 0 radical (unpaired) electrons. The summed E-state index contributed by atoms with van der Waals surface area (Å²) in [5.41, 5.74) is 0.409. The van der Waals surface area contributed by atoms with Crippen LogP contribution in [0.4, 0.5) is 24.5 Å². The molecule has 8 heteroatoms. The van der Waals surface area contributed by atoms with Crippen LogP contribution in [0.5, 0.6) is 5.75 Å². The Morgan fingerprint density at radius 1 is 1.07 bits per heavy atom. The average Bonchev–Trinajstić information content (AvgIpc) is 3.26. The molecule has 0 saturated carbocycles. The van der Waals surface area contributed by atoms with Crippen molar-refractivity contribution in [3.8, 4) is 5.75 Å². The van der Waals surface area contributed by atoms with Gasteiger partial charge in [-0.3, -0.25) is 9.59 Å². The van der Waals surface area contributed by atoms with Gasteiger partial charge in [-0.15, -0.1) is 0 Å². The molecule has 2 aromatic rings. The number of rotatable bonds is 7. The van der Waals surface area contributed by atoms with Gasteiger partial charge in [0.1, 0.15) is 5.75 Å². The summed E-state index contributed by atoms with van der Waals surface area (Å²) in [7, 11) is 0. The van der Waals surface area contributed by atoms with Crippen molar-refractivity contribution in [3.05, 3.63) is 53.6 Å². The van der Waals surface area contributed by atoms with Gasteiger partial charge in [0.05, 0.1) is 16.9 Å².